The molecule has 0 bridgehead atoms. The third-order valence-corrected chi connectivity index (χ3v) is 2.92. The van der Waals surface area contributed by atoms with E-state index in [0.29, 0.717) is 37.0 Å². The predicted octanol–water partition coefficient (Wildman–Crippen LogP) is 3.34. The Balaban J connectivity index is 1.97. The summed E-state index contributed by atoms with van der Waals surface area (Å²) in [6.07, 6.45) is 3.38. The molecule has 22 heavy (non-hydrogen) atoms. The number of ether oxygens (including phenoxy) is 2. The molecule has 0 aliphatic heterocycles. The highest BCUT2D eigenvalue weighted by Gasteiger charge is 2.10. The van der Waals surface area contributed by atoms with Gasteiger partial charge in [-0.05, 0) is 11.6 Å². The highest BCUT2D eigenvalue weighted by atomic mass is 16.6. The van der Waals surface area contributed by atoms with Crippen molar-refractivity contribution in [2.75, 3.05) is 19.2 Å². The Morgan fingerprint density at radius 3 is 2.73 bits per heavy atom. The number of nitrogens with zero attached hydrogens (tertiary/aromatic N) is 1. The fraction of sp³-hybridized carbons (Fsp3) is 0.235. The van der Waals surface area contributed by atoms with Crippen LogP contribution in [0, 0.1) is 0 Å². The lowest BCUT2D eigenvalue weighted by molar-refractivity contribution is 0.143. The first-order valence-electron chi connectivity index (χ1n) is 6.97. The standard InChI is InChI=1S/C17H20N2O3/c1-3-11-21-13-16-17(20-2)15(9-10-18-16)19-22-12-14-7-5-4-6-8-14/h3-10H,1,11-13H2,2H3,(H,18,19). The number of anilines is 1. The normalized spacial score (nSPS) is 10.2. The first-order valence-corrected chi connectivity index (χ1v) is 6.97. The largest absolute Gasteiger partial charge is 0.492 e. The summed E-state index contributed by atoms with van der Waals surface area (Å²) in [6.45, 7) is 4.88. The van der Waals surface area contributed by atoms with Crippen molar-refractivity contribution in [3.05, 3.63) is 66.5 Å². The highest BCUT2D eigenvalue weighted by Crippen LogP contribution is 2.27. The summed E-state index contributed by atoms with van der Waals surface area (Å²) in [7, 11) is 1.59. The second kappa shape index (κ2) is 8.81. The van der Waals surface area contributed by atoms with Crippen molar-refractivity contribution in [2.24, 2.45) is 0 Å². The number of benzene rings is 1. The van der Waals surface area contributed by atoms with Gasteiger partial charge in [0.05, 0.1) is 26.9 Å². The molecule has 0 aliphatic rings. The molecular formula is C17H20N2O3. The number of aromatic nitrogens is 1. The van der Waals surface area contributed by atoms with Crippen LogP contribution in [0.15, 0.2) is 55.3 Å². The molecule has 0 aliphatic carbocycles. The second-order valence-electron chi connectivity index (χ2n) is 4.52. The molecule has 2 rings (SSSR count). The van der Waals surface area contributed by atoms with Gasteiger partial charge >= 0.3 is 0 Å². The third kappa shape index (κ3) is 4.58. The van der Waals surface area contributed by atoms with Crippen molar-refractivity contribution in [3.8, 4) is 5.75 Å². The smallest absolute Gasteiger partial charge is 0.168 e. The third-order valence-electron chi connectivity index (χ3n) is 2.92. The van der Waals surface area contributed by atoms with E-state index in [9.17, 15) is 0 Å². The quantitative estimate of drug-likeness (QED) is 0.437. The summed E-state index contributed by atoms with van der Waals surface area (Å²) in [6, 6.07) is 11.7. The van der Waals surface area contributed by atoms with Crippen molar-refractivity contribution >= 4 is 5.69 Å². The number of rotatable bonds is 9. The Bertz CT molecular complexity index is 588. The van der Waals surface area contributed by atoms with E-state index in [1.165, 1.54) is 0 Å². The Kier molecular flexibility index (Phi) is 6.41. The number of pyridine rings is 1. The SMILES string of the molecule is C=CCOCc1nccc(NOCc2ccccc2)c1OC. The Morgan fingerprint density at radius 2 is 2.00 bits per heavy atom. The zero-order valence-electron chi connectivity index (χ0n) is 12.6. The molecule has 0 saturated carbocycles. The fourth-order valence-electron chi connectivity index (χ4n) is 1.91. The predicted molar refractivity (Wildman–Crippen MR) is 85.5 cm³/mol. The van der Waals surface area contributed by atoms with Gasteiger partial charge in [0, 0.05) is 6.20 Å². The van der Waals surface area contributed by atoms with E-state index in [1.54, 1.807) is 25.4 Å². The number of hydrogen-bond donors (Lipinski definition) is 1. The zero-order valence-corrected chi connectivity index (χ0v) is 12.6. The first kappa shape index (κ1) is 16.0. The molecule has 0 fully saturated rings. The van der Waals surface area contributed by atoms with Crippen LogP contribution in [0.5, 0.6) is 5.75 Å². The Hall–Kier alpha value is -2.37. The van der Waals surface area contributed by atoms with Crippen molar-refractivity contribution < 1.29 is 14.3 Å². The van der Waals surface area contributed by atoms with Gasteiger partial charge in [-0.25, -0.2) is 0 Å². The Labute approximate surface area is 130 Å². The van der Waals surface area contributed by atoms with Crippen LogP contribution in [0.3, 0.4) is 0 Å². The van der Waals surface area contributed by atoms with Crippen molar-refractivity contribution in [1.82, 2.24) is 4.98 Å². The summed E-state index contributed by atoms with van der Waals surface area (Å²) in [5.41, 5.74) is 5.40. The van der Waals surface area contributed by atoms with E-state index in [-0.39, 0.29) is 0 Å². The molecule has 0 saturated heterocycles. The summed E-state index contributed by atoms with van der Waals surface area (Å²) in [5, 5.41) is 0. The van der Waals surface area contributed by atoms with Crippen LogP contribution < -0.4 is 10.2 Å². The van der Waals surface area contributed by atoms with Crippen molar-refractivity contribution in [2.45, 2.75) is 13.2 Å². The van der Waals surface area contributed by atoms with Gasteiger partial charge in [-0.15, -0.1) is 6.58 Å². The van der Waals surface area contributed by atoms with Crippen LogP contribution in [0.4, 0.5) is 5.69 Å². The van der Waals surface area contributed by atoms with Crippen LogP contribution in [0.25, 0.3) is 0 Å². The molecule has 0 radical (unpaired) electrons. The monoisotopic (exact) mass is 300 g/mol. The first-order chi connectivity index (χ1) is 10.8. The van der Waals surface area contributed by atoms with E-state index in [0.717, 1.165) is 5.56 Å². The van der Waals surface area contributed by atoms with Crippen LogP contribution in [0.2, 0.25) is 0 Å². The van der Waals surface area contributed by atoms with E-state index in [4.69, 9.17) is 14.3 Å². The summed E-state index contributed by atoms with van der Waals surface area (Å²) in [5.74, 6) is 0.611. The van der Waals surface area contributed by atoms with Crippen LogP contribution >= 0.6 is 0 Å². The maximum atomic E-state index is 5.51. The highest BCUT2D eigenvalue weighted by molar-refractivity contribution is 5.56. The Morgan fingerprint density at radius 1 is 1.18 bits per heavy atom. The summed E-state index contributed by atoms with van der Waals surface area (Å²) in [4.78, 5) is 9.78. The van der Waals surface area contributed by atoms with Crippen molar-refractivity contribution in [3.63, 3.8) is 0 Å². The number of hydrogen-bond acceptors (Lipinski definition) is 5. The molecule has 5 nitrogen and oxygen atoms in total. The second-order valence-corrected chi connectivity index (χ2v) is 4.52. The van der Waals surface area contributed by atoms with Gasteiger partial charge in [0.25, 0.3) is 0 Å². The molecule has 1 N–H and O–H groups in total. The van der Waals surface area contributed by atoms with Crippen LogP contribution in [-0.4, -0.2) is 18.7 Å². The number of nitrogens with one attached hydrogen (secondary N) is 1. The van der Waals surface area contributed by atoms with Gasteiger partial charge in [-0.2, -0.15) is 0 Å². The summed E-state index contributed by atoms with van der Waals surface area (Å²) >= 11 is 0. The van der Waals surface area contributed by atoms with Crippen LogP contribution in [-0.2, 0) is 22.8 Å². The molecular weight excluding hydrogens is 280 g/mol. The molecule has 1 heterocycles. The maximum absolute atomic E-state index is 5.51. The molecule has 5 heteroatoms. The maximum Gasteiger partial charge on any atom is 0.168 e. The van der Waals surface area contributed by atoms with E-state index in [1.807, 2.05) is 30.3 Å². The van der Waals surface area contributed by atoms with Crippen LogP contribution in [0.1, 0.15) is 11.3 Å². The lowest BCUT2D eigenvalue weighted by Gasteiger charge is -2.14. The lowest BCUT2D eigenvalue weighted by atomic mass is 10.2. The minimum Gasteiger partial charge on any atom is -0.492 e. The van der Waals surface area contributed by atoms with Gasteiger partial charge in [-0.1, -0.05) is 36.4 Å². The van der Waals surface area contributed by atoms with E-state index in [2.05, 4.69) is 17.0 Å². The van der Waals surface area contributed by atoms with Gasteiger partial charge in [-0.3, -0.25) is 15.3 Å². The summed E-state index contributed by atoms with van der Waals surface area (Å²) < 4.78 is 10.8. The molecule has 0 atom stereocenters. The molecule has 0 amide bonds. The average Bonchev–Trinajstić information content (AvgIpc) is 2.56. The molecule has 116 valence electrons. The van der Waals surface area contributed by atoms with Gasteiger partial charge in [0.15, 0.2) is 5.75 Å². The van der Waals surface area contributed by atoms with Crippen molar-refractivity contribution in [1.29, 1.82) is 0 Å². The van der Waals surface area contributed by atoms with E-state index < -0.39 is 0 Å². The molecule has 2 aromatic rings. The fourth-order valence-corrected chi connectivity index (χ4v) is 1.91. The molecule has 1 aromatic carbocycles. The molecule has 0 unspecified atom stereocenters. The number of methoxy groups -OCH3 is 1. The van der Waals surface area contributed by atoms with Gasteiger partial charge in [0.2, 0.25) is 0 Å². The zero-order chi connectivity index (χ0) is 15.6. The molecule has 0 spiro atoms. The molecule has 1 aromatic heterocycles. The van der Waals surface area contributed by atoms with Gasteiger partial charge in [0.1, 0.15) is 11.4 Å². The average molecular weight is 300 g/mol. The minimum atomic E-state index is 0.351. The topological polar surface area (TPSA) is 52.6 Å². The van der Waals surface area contributed by atoms with E-state index >= 15 is 0 Å². The minimum absolute atomic E-state index is 0.351. The lowest BCUT2D eigenvalue weighted by Crippen LogP contribution is -2.06. The van der Waals surface area contributed by atoms with Gasteiger partial charge < -0.3 is 9.47 Å².